The Balaban J connectivity index is 2.03. The first kappa shape index (κ1) is 12.9. The highest BCUT2D eigenvalue weighted by molar-refractivity contribution is 6.06. The number of β-lactam (4-membered cyclic amide) rings is 1. The summed E-state index contributed by atoms with van der Waals surface area (Å²) in [5.74, 6) is -1.89. The summed E-state index contributed by atoms with van der Waals surface area (Å²) in [5.41, 5.74) is 1.54. The summed E-state index contributed by atoms with van der Waals surface area (Å²) in [4.78, 5) is 24.8. The molecule has 104 valence electrons. The van der Waals surface area contributed by atoms with Crippen LogP contribution in [0.15, 0.2) is 36.0 Å². The summed E-state index contributed by atoms with van der Waals surface area (Å²) in [6, 6.07) is 8.98. The van der Waals surface area contributed by atoms with Gasteiger partial charge in [-0.05, 0) is 24.5 Å². The Morgan fingerprint density at radius 1 is 1.35 bits per heavy atom. The van der Waals surface area contributed by atoms with Gasteiger partial charge in [0.2, 0.25) is 5.91 Å². The number of hydrogen-bond acceptors (Lipinski definition) is 3. The summed E-state index contributed by atoms with van der Waals surface area (Å²) >= 11 is 0. The Bertz CT molecular complexity index is 606. The Morgan fingerprint density at radius 3 is 2.55 bits per heavy atom. The van der Waals surface area contributed by atoms with Crippen molar-refractivity contribution >= 4 is 17.4 Å². The molecule has 0 radical (unpaired) electrons. The van der Waals surface area contributed by atoms with E-state index in [1.807, 2.05) is 30.3 Å². The lowest BCUT2D eigenvalue weighted by molar-refractivity contribution is -0.161. The molecule has 3 rings (SSSR count). The number of carboxylic acid groups (broad SMARTS) is 1. The zero-order chi connectivity index (χ0) is 14.4. The van der Waals surface area contributed by atoms with Crippen molar-refractivity contribution in [3.8, 4) is 0 Å². The van der Waals surface area contributed by atoms with Gasteiger partial charge < -0.3 is 15.1 Å². The maximum Gasteiger partial charge on any atom is 0.352 e. The molecule has 1 amide bonds. The highest BCUT2D eigenvalue weighted by atomic mass is 16.4. The number of aliphatic hydroxyl groups excluding tert-OH is 1. The number of carbonyl (C=O) groups excluding carboxylic acids is 1. The van der Waals surface area contributed by atoms with Crippen molar-refractivity contribution < 1.29 is 19.8 Å². The van der Waals surface area contributed by atoms with Crippen LogP contribution in [0.25, 0.3) is 5.57 Å². The molecule has 1 aromatic carbocycles. The zero-order valence-corrected chi connectivity index (χ0v) is 11.0. The van der Waals surface area contributed by atoms with Crippen molar-refractivity contribution in [2.45, 2.75) is 25.5 Å². The number of rotatable bonds is 3. The first-order chi connectivity index (χ1) is 9.52. The second kappa shape index (κ2) is 4.45. The van der Waals surface area contributed by atoms with Gasteiger partial charge in [0.15, 0.2) is 0 Å². The number of benzene rings is 1. The molecular formula is C15H15NO4. The van der Waals surface area contributed by atoms with Crippen molar-refractivity contribution in [3.63, 3.8) is 0 Å². The van der Waals surface area contributed by atoms with Crippen molar-refractivity contribution in [3.05, 3.63) is 41.6 Å². The van der Waals surface area contributed by atoms with E-state index in [1.165, 1.54) is 4.90 Å². The second-order valence-corrected chi connectivity index (χ2v) is 5.24. The molecule has 2 aliphatic rings. The lowest BCUT2D eigenvalue weighted by Gasteiger charge is -2.44. The number of aliphatic carboxylic acids is 1. The number of carbonyl (C=O) groups is 2. The molecule has 2 aliphatic heterocycles. The van der Waals surface area contributed by atoms with Gasteiger partial charge in [0.25, 0.3) is 0 Å². The minimum atomic E-state index is -1.09. The summed E-state index contributed by atoms with van der Waals surface area (Å²) in [7, 11) is 0. The third-order valence-corrected chi connectivity index (χ3v) is 4.05. The Labute approximate surface area is 116 Å². The van der Waals surface area contributed by atoms with E-state index >= 15 is 0 Å². The topological polar surface area (TPSA) is 77.8 Å². The molecule has 1 fully saturated rings. The summed E-state index contributed by atoms with van der Waals surface area (Å²) in [6.07, 6.45) is -0.277. The molecule has 5 heteroatoms. The standard InChI is InChI=1S/C15H15NO4/c1-8(17)12-11-7-10(9-5-3-2-4-6-9)13(15(19)20)16(11)14(12)18/h2-6,8,11-12,17H,7H2,1H3,(H,19,20)/t8-,11-,12-/m1/s1. The lowest BCUT2D eigenvalue weighted by Crippen LogP contribution is -2.61. The van der Waals surface area contributed by atoms with Gasteiger partial charge >= 0.3 is 5.97 Å². The first-order valence-electron chi connectivity index (χ1n) is 6.55. The number of aliphatic hydroxyl groups is 1. The van der Waals surface area contributed by atoms with Crippen LogP contribution >= 0.6 is 0 Å². The zero-order valence-electron chi connectivity index (χ0n) is 11.0. The molecular weight excluding hydrogens is 258 g/mol. The molecule has 0 bridgehead atoms. The van der Waals surface area contributed by atoms with Crippen LogP contribution in [0.5, 0.6) is 0 Å². The summed E-state index contributed by atoms with van der Waals surface area (Å²) in [6.45, 7) is 1.57. The number of hydrogen-bond donors (Lipinski definition) is 2. The summed E-state index contributed by atoms with van der Waals surface area (Å²) < 4.78 is 0. The fraction of sp³-hybridized carbons (Fsp3) is 0.333. The predicted molar refractivity (Wildman–Crippen MR) is 71.4 cm³/mol. The van der Waals surface area contributed by atoms with E-state index in [-0.39, 0.29) is 17.6 Å². The van der Waals surface area contributed by atoms with Crippen LogP contribution in [0, 0.1) is 5.92 Å². The molecule has 0 aromatic heterocycles. The Hall–Kier alpha value is -2.14. The van der Waals surface area contributed by atoms with Crippen molar-refractivity contribution in [2.24, 2.45) is 5.92 Å². The molecule has 3 atom stereocenters. The first-order valence-corrected chi connectivity index (χ1v) is 6.55. The van der Waals surface area contributed by atoms with Crippen molar-refractivity contribution in [1.29, 1.82) is 0 Å². The van der Waals surface area contributed by atoms with Crippen LogP contribution in [0.1, 0.15) is 18.9 Å². The lowest BCUT2D eigenvalue weighted by atomic mass is 9.82. The maximum atomic E-state index is 12.0. The molecule has 0 saturated carbocycles. The third-order valence-electron chi connectivity index (χ3n) is 4.05. The molecule has 0 spiro atoms. The quantitative estimate of drug-likeness (QED) is 0.808. The number of fused-ring (bicyclic) bond motifs is 1. The van der Waals surface area contributed by atoms with Crippen LogP contribution in [-0.4, -0.2) is 39.1 Å². The van der Waals surface area contributed by atoms with Crippen LogP contribution in [0.4, 0.5) is 0 Å². The SMILES string of the molecule is C[C@@H](O)[C@H]1C(=O)N2C(C(=O)O)=C(c3ccccc3)C[C@H]12. The molecule has 5 nitrogen and oxygen atoms in total. The Kier molecular flexibility index (Phi) is 2.87. The van der Waals surface area contributed by atoms with Gasteiger partial charge in [0, 0.05) is 0 Å². The van der Waals surface area contributed by atoms with Gasteiger partial charge in [-0.2, -0.15) is 0 Å². The van der Waals surface area contributed by atoms with E-state index in [4.69, 9.17) is 0 Å². The normalized spacial score (nSPS) is 26.3. The minimum Gasteiger partial charge on any atom is -0.477 e. The fourth-order valence-corrected chi connectivity index (χ4v) is 3.17. The highest BCUT2D eigenvalue weighted by Crippen LogP contribution is 2.46. The van der Waals surface area contributed by atoms with Crippen molar-refractivity contribution in [2.75, 3.05) is 0 Å². The number of carboxylic acids is 1. The minimum absolute atomic E-state index is 0.0584. The van der Waals surface area contributed by atoms with Gasteiger partial charge in [0.05, 0.1) is 18.1 Å². The second-order valence-electron chi connectivity index (χ2n) is 5.24. The van der Waals surface area contributed by atoms with Crippen LogP contribution in [-0.2, 0) is 9.59 Å². The monoisotopic (exact) mass is 273 g/mol. The molecule has 2 heterocycles. The van der Waals surface area contributed by atoms with Crippen LogP contribution in [0.3, 0.4) is 0 Å². The van der Waals surface area contributed by atoms with Crippen molar-refractivity contribution in [1.82, 2.24) is 4.90 Å². The summed E-state index contributed by atoms with van der Waals surface area (Å²) in [5, 5.41) is 19.1. The van der Waals surface area contributed by atoms with Gasteiger partial charge in [-0.3, -0.25) is 4.79 Å². The van der Waals surface area contributed by atoms with E-state index in [1.54, 1.807) is 6.92 Å². The number of nitrogens with zero attached hydrogens (tertiary/aromatic N) is 1. The van der Waals surface area contributed by atoms with Gasteiger partial charge in [-0.1, -0.05) is 30.3 Å². The Morgan fingerprint density at radius 2 is 2.00 bits per heavy atom. The van der Waals surface area contributed by atoms with Gasteiger partial charge in [-0.15, -0.1) is 0 Å². The van der Waals surface area contributed by atoms with Crippen LogP contribution in [0.2, 0.25) is 0 Å². The number of amides is 1. The fourth-order valence-electron chi connectivity index (χ4n) is 3.17. The van der Waals surface area contributed by atoms with E-state index < -0.39 is 18.0 Å². The molecule has 1 saturated heterocycles. The van der Waals surface area contributed by atoms with Crippen LogP contribution < -0.4 is 0 Å². The van der Waals surface area contributed by atoms with E-state index in [9.17, 15) is 19.8 Å². The van der Waals surface area contributed by atoms with E-state index in [0.29, 0.717) is 12.0 Å². The maximum absolute atomic E-state index is 12.0. The molecule has 20 heavy (non-hydrogen) atoms. The average Bonchev–Trinajstić information content (AvgIpc) is 2.74. The smallest absolute Gasteiger partial charge is 0.352 e. The average molecular weight is 273 g/mol. The third kappa shape index (κ3) is 1.67. The van der Waals surface area contributed by atoms with E-state index in [0.717, 1.165) is 5.56 Å². The van der Waals surface area contributed by atoms with Gasteiger partial charge in [-0.25, -0.2) is 4.79 Å². The molecule has 0 unspecified atom stereocenters. The molecule has 2 N–H and O–H groups in total. The highest BCUT2D eigenvalue weighted by Gasteiger charge is 2.56. The molecule has 1 aromatic rings. The predicted octanol–water partition coefficient (Wildman–Crippen LogP) is 1.09. The molecule has 0 aliphatic carbocycles. The largest absolute Gasteiger partial charge is 0.477 e. The van der Waals surface area contributed by atoms with E-state index in [2.05, 4.69) is 0 Å². The van der Waals surface area contributed by atoms with Gasteiger partial charge in [0.1, 0.15) is 5.70 Å².